The average Bonchev–Trinajstić information content (AvgIpc) is 3.54. The molecule has 6 rings (SSSR count). The quantitative estimate of drug-likeness (QED) is 0.249. The van der Waals surface area contributed by atoms with E-state index in [1.807, 2.05) is 13.8 Å². The summed E-state index contributed by atoms with van der Waals surface area (Å²) in [5, 5.41) is 63.9. The van der Waals surface area contributed by atoms with Crippen molar-refractivity contribution in [3.63, 3.8) is 0 Å². The van der Waals surface area contributed by atoms with Crippen molar-refractivity contribution in [2.75, 3.05) is 6.61 Å². The van der Waals surface area contributed by atoms with Crippen molar-refractivity contribution in [1.29, 1.82) is 0 Å². The molecule has 2 heterocycles. The first-order valence-corrected chi connectivity index (χ1v) is 17.8. The Morgan fingerprint density at radius 3 is 2.07 bits per heavy atom. The van der Waals surface area contributed by atoms with Crippen LogP contribution in [-0.4, -0.2) is 97.5 Å². The van der Waals surface area contributed by atoms with Crippen molar-refractivity contribution in [2.45, 2.75) is 173 Å². The zero-order valence-corrected chi connectivity index (χ0v) is 28.9. The van der Waals surface area contributed by atoms with E-state index in [1.54, 1.807) is 0 Å². The van der Waals surface area contributed by atoms with Crippen LogP contribution in [0.15, 0.2) is 0 Å². The predicted molar refractivity (Wildman–Crippen MR) is 168 cm³/mol. The zero-order chi connectivity index (χ0) is 33.1. The van der Waals surface area contributed by atoms with Gasteiger partial charge in [-0.2, -0.15) is 0 Å². The summed E-state index contributed by atoms with van der Waals surface area (Å²) in [4.78, 5) is 0. The minimum Gasteiger partial charge on any atom is -0.394 e. The Morgan fingerprint density at radius 1 is 0.778 bits per heavy atom. The molecule has 0 aromatic rings. The maximum absolute atomic E-state index is 12.2. The summed E-state index contributed by atoms with van der Waals surface area (Å²) in [6, 6.07) is 0. The molecule has 0 unspecified atom stereocenters. The number of aliphatic hydroxyl groups is 6. The van der Waals surface area contributed by atoms with Crippen LogP contribution in [0.5, 0.6) is 0 Å². The van der Waals surface area contributed by atoms with Crippen molar-refractivity contribution < 1.29 is 44.8 Å². The highest BCUT2D eigenvalue weighted by molar-refractivity contribution is 5.20. The van der Waals surface area contributed by atoms with Crippen molar-refractivity contribution in [1.82, 2.24) is 0 Å². The Bertz CT molecular complexity index is 1110. The van der Waals surface area contributed by atoms with Crippen LogP contribution in [0.1, 0.15) is 113 Å². The van der Waals surface area contributed by atoms with E-state index in [2.05, 4.69) is 41.5 Å². The van der Waals surface area contributed by atoms with Gasteiger partial charge in [0.25, 0.3) is 0 Å². The van der Waals surface area contributed by atoms with Crippen LogP contribution in [0.2, 0.25) is 0 Å². The topological polar surface area (TPSA) is 149 Å². The molecule has 4 aliphatic carbocycles. The summed E-state index contributed by atoms with van der Waals surface area (Å²) < 4.78 is 18.9. The molecule has 2 saturated heterocycles. The second kappa shape index (κ2) is 11.1. The van der Waals surface area contributed by atoms with Gasteiger partial charge in [-0.3, -0.25) is 0 Å². The highest BCUT2D eigenvalue weighted by atomic mass is 16.7. The van der Waals surface area contributed by atoms with Gasteiger partial charge in [0, 0.05) is 0 Å². The van der Waals surface area contributed by atoms with Gasteiger partial charge in [0.1, 0.15) is 24.4 Å². The highest BCUT2D eigenvalue weighted by Gasteiger charge is 2.72. The minimum atomic E-state index is -1.46. The molecule has 6 N–H and O–H groups in total. The molecular formula is C36H62O9. The first-order valence-electron chi connectivity index (χ1n) is 17.8. The fraction of sp³-hybridized carbons (Fsp3) is 1.00. The standard InChI is InChI=1S/C36H62O9/c1-31(2)22-10-15-34(6)23(33(22,5)13-11-24(31)44-30-29(41)28(40)27(39)21(18-37)43-30)17-20(38)26-19(9-14-35(26,34)7)36(8)16-12-25(45-36)32(3,4)42/h19-30,37-42H,9-18H2,1-8H3/t19-,20+,21+,22-,23+,24-,25-,26-,27+,28-,29+,30-,33-,34+,35+,36-/m0/s1. The monoisotopic (exact) mass is 638 g/mol. The third-order valence-corrected chi connectivity index (χ3v) is 15.4. The summed E-state index contributed by atoms with van der Waals surface area (Å²) in [7, 11) is 0. The fourth-order valence-corrected chi connectivity index (χ4v) is 12.6. The van der Waals surface area contributed by atoms with Gasteiger partial charge in [0.2, 0.25) is 0 Å². The average molecular weight is 639 g/mol. The van der Waals surface area contributed by atoms with Crippen LogP contribution < -0.4 is 0 Å². The van der Waals surface area contributed by atoms with E-state index in [0.717, 1.165) is 57.8 Å². The van der Waals surface area contributed by atoms with E-state index in [4.69, 9.17) is 14.2 Å². The lowest BCUT2D eigenvalue weighted by Crippen LogP contribution is -2.67. The van der Waals surface area contributed by atoms with Gasteiger partial charge in [-0.15, -0.1) is 0 Å². The molecule has 2 aliphatic heterocycles. The molecular weight excluding hydrogens is 576 g/mol. The van der Waals surface area contributed by atoms with Crippen molar-refractivity contribution >= 4 is 0 Å². The lowest BCUT2D eigenvalue weighted by atomic mass is 9.35. The van der Waals surface area contributed by atoms with Crippen LogP contribution in [0.3, 0.4) is 0 Å². The van der Waals surface area contributed by atoms with Crippen molar-refractivity contribution in [3.8, 4) is 0 Å². The predicted octanol–water partition coefficient (Wildman–Crippen LogP) is 3.54. The van der Waals surface area contributed by atoms with E-state index in [-0.39, 0.29) is 51.3 Å². The molecule has 9 heteroatoms. The molecule has 0 amide bonds. The first kappa shape index (κ1) is 34.5. The van der Waals surface area contributed by atoms with Gasteiger partial charge in [-0.25, -0.2) is 0 Å². The van der Waals surface area contributed by atoms with E-state index in [1.165, 1.54) is 0 Å². The summed E-state index contributed by atoms with van der Waals surface area (Å²) in [5.74, 6) is 1.07. The normalized spacial score (nSPS) is 56.4. The van der Waals surface area contributed by atoms with Crippen LogP contribution in [0.4, 0.5) is 0 Å². The van der Waals surface area contributed by atoms with Crippen LogP contribution in [0.25, 0.3) is 0 Å². The van der Waals surface area contributed by atoms with Gasteiger partial charge in [0.05, 0.1) is 36.1 Å². The van der Waals surface area contributed by atoms with Gasteiger partial charge in [0.15, 0.2) is 6.29 Å². The second-order valence-corrected chi connectivity index (χ2v) is 18.3. The van der Waals surface area contributed by atoms with Crippen LogP contribution in [0, 0.1) is 45.3 Å². The summed E-state index contributed by atoms with van der Waals surface area (Å²) in [6.07, 6.45) is 1.20. The number of rotatable bonds is 5. The van der Waals surface area contributed by atoms with Gasteiger partial charge < -0.3 is 44.8 Å². The Morgan fingerprint density at radius 2 is 1.44 bits per heavy atom. The Balaban J connectivity index is 1.23. The third-order valence-electron chi connectivity index (χ3n) is 15.4. The second-order valence-electron chi connectivity index (χ2n) is 18.3. The van der Waals surface area contributed by atoms with E-state index >= 15 is 0 Å². The largest absolute Gasteiger partial charge is 0.394 e. The van der Waals surface area contributed by atoms with E-state index in [0.29, 0.717) is 11.8 Å². The SMILES string of the molecule is CC(C)(O)[C@@H]1CC[C@@](C)([C@H]2CC[C@]3(C)[C@@H]2[C@H](O)C[C@@H]2[C@@]4(C)CC[C@H](O[C@@H]5O[C@H](CO)[C@@H](O)[C@H](O)[C@H]5O)C(C)(C)[C@@H]4CC[C@]23C)O1. The lowest BCUT2D eigenvalue weighted by molar-refractivity contribution is -0.332. The molecule has 9 nitrogen and oxygen atoms in total. The number of aliphatic hydroxyl groups excluding tert-OH is 5. The number of hydrogen-bond donors (Lipinski definition) is 6. The number of hydrogen-bond acceptors (Lipinski definition) is 9. The number of ether oxygens (including phenoxy) is 3. The summed E-state index contributed by atoms with van der Waals surface area (Å²) in [5.41, 5.74) is -1.49. The molecule has 6 aliphatic rings. The Labute approximate surface area is 270 Å². The zero-order valence-electron chi connectivity index (χ0n) is 28.9. The molecule has 16 atom stereocenters. The smallest absolute Gasteiger partial charge is 0.186 e. The maximum atomic E-state index is 12.2. The molecule has 0 aromatic carbocycles. The van der Waals surface area contributed by atoms with Crippen LogP contribution in [-0.2, 0) is 14.2 Å². The molecule has 6 fully saturated rings. The first-order chi connectivity index (χ1) is 20.7. The lowest BCUT2D eigenvalue weighted by Gasteiger charge is -2.70. The Kier molecular flexibility index (Phi) is 8.49. The molecule has 260 valence electrons. The number of fused-ring (bicyclic) bond motifs is 5. The van der Waals surface area contributed by atoms with Gasteiger partial charge >= 0.3 is 0 Å². The third kappa shape index (κ3) is 4.95. The van der Waals surface area contributed by atoms with Crippen molar-refractivity contribution in [3.05, 3.63) is 0 Å². The molecule has 4 saturated carbocycles. The molecule has 0 bridgehead atoms. The summed E-state index contributed by atoms with van der Waals surface area (Å²) >= 11 is 0. The Hall–Kier alpha value is -0.360. The molecule has 0 spiro atoms. The van der Waals surface area contributed by atoms with Crippen molar-refractivity contribution in [2.24, 2.45) is 45.3 Å². The summed E-state index contributed by atoms with van der Waals surface area (Å²) in [6.45, 7) is 17.4. The minimum absolute atomic E-state index is 0.0153. The van der Waals surface area contributed by atoms with E-state index in [9.17, 15) is 30.6 Å². The molecule has 45 heavy (non-hydrogen) atoms. The highest BCUT2D eigenvalue weighted by Crippen LogP contribution is 2.76. The maximum Gasteiger partial charge on any atom is 0.186 e. The van der Waals surface area contributed by atoms with Gasteiger partial charge in [-0.1, -0.05) is 34.6 Å². The van der Waals surface area contributed by atoms with Crippen LogP contribution >= 0.6 is 0 Å². The molecule has 0 aromatic heterocycles. The fourth-order valence-electron chi connectivity index (χ4n) is 12.6. The van der Waals surface area contributed by atoms with E-state index < -0.39 is 49.0 Å². The van der Waals surface area contributed by atoms with Gasteiger partial charge in [-0.05, 0) is 124 Å². The molecule has 0 radical (unpaired) electrons.